The van der Waals surface area contributed by atoms with Crippen LogP contribution in [0.15, 0.2) is 30.3 Å². The van der Waals surface area contributed by atoms with Crippen LogP contribution in [-0.2, 0) is 4.79 Å². The van der Waals surface area contributed by atoms with Crippen LogP contribution < -0.4 is 10.9 Å². The molecule has 0 saturated carbocycles. The Labute approximate surface area is 112 Å². The van der Waals surface area contributed by atoms with Crippen molar-refractivity contribution < 1.29 is 14.7 Å². The van der Waals surface area contributed by atoms with Crippen LogP contribution in [0.5, 0.6) is 0 Å². The van der Waals surface area contributed by atoms with Crippen LogP contribution in [-0.4, -0.2) is 48.1 Å². The van der Waals surface area contributed by atoms with Gasteiger partial charge < -0.3 is 5.11 Å². The van der Waals surface area contributed by atoms with Crippen LogP contribution >= 0.6 is 0 Å². The number of nitrogens with one attached hydrogen (secondary N) is 2. The molecule has 0 heterocycles. The van der Waals surface area contributed by atoms with Gasteiger partial charge in [-0.15, -0.1) is 0 Å². The number of rotatable bonds is 5. The Balaban J connectivity index is 2.37. The molecule has 1 rings (SSSR count). The van der Waals surface area contributed by atoms with Gasteiger partial charge in [0.1, 0.15) is 0 Å². The van der Waals surface area contributed by atoms with E-state index in [1.54, 1.807) is 49.2 Å². The number of benzene rings is 1. The lowest BCUT2D eigenvalue weighted by atomic mass is 10.2. The molecule has 0 fully saturated rings. The van der Waals surface area contributed by atoms with Gasteiger partial charge in [0, 0.05) is 11.6 Å². The summed E-state index contributed by atoms with van der Waals surface area (Å²) in [4.78, 5) is 24.9. The summed E-state index contributed by atoms with van der Waals surface area (Å²) in [6.45, 7) is 1.87. The van der Waals surface area contributed by atoms with E-state index in [0.717, 1.165) is 0 Å². The van der Waals surface area contributed by atoms with Gasteiger partial charge in [0.15, 0.2) is 0 Å². The van der Waals surface area contributed by atoms with Crippen molar-refractivity contribution in [2.24, 2.45) is 0 Å². The average Bonchev–Trinajstić information content (AvgIpc) is 2.44. The third-order valence-corrected chi connectivity index (χ3v) is 2.76. The van der Waals surface area contributed by atoms with Crippen molar-refractivity contribution in [3.05, 3.63) is 35.9 Å². The Morgan fingerprint density at radius 2 is 1.89 bits per heavy atom. The highest BCUT2D eigenvalue weighted by Gasteiger charge is 2.12. The summed E-state index contributed by atoms with van der Waals surface area (Å²) in [7, 11) is 1.72. The summed E-state index contributed by atoms with van der Waals surface area (Å²) < 4.78 is 0. The van der Waals surface area contributed by atoms with E-state index in [1.165, 1.54) is 0 Å². The zero-order valence-electron chi connectivity index (χ0n) is 11.1. The summed E-state index contributed by atoms with van der Waals surface area (Å²) >= 11 is 0. The monoisotopic (exact) mass is 265 g/mol. The first-order valence-corrected chi connectivity index (χ1v) is 6.00. The molecule has 1 aromatic rings. The molecule has 0 saturated heterocycles. The molecule has 1 aromatic carbocycles. The minimum atomic E-state index is -0.369. The van der Waals surface area contributed by atoms with E-state index in [9.17, 15) is 9.59 Å². The number of hydrogen-bond donors (Lipinski definition) is 3. The van der Waals surface area contributed by atoms with E-state index in [4.69, 9.17) is 5.11 Å². The molecule has 2 amide bonds. The molecule has 0 aliphatic heterocycles. The fourth-order valence-electron chi connectivity index (χ4n) is 1.35. The zero-order chi connectivity index (χ0) is 14.3. The Morgan fingerprint density at radius 3 is 2.47 bits per heavy atom. The number of nitrogens with zero attached hydrogens (tertiary/aromatic N) is 1. The quantitative estimate of drug-likeness (QED) is 0.642. The second kappa shape index (κ2) is 7.50. The topological polar surface area (TPSA) is 81.7 Å². The van der Waals surface area contributed by atoms with Gasteiger partial charge in [-0.25, -0.2) is 0 Å². The predicted octanol–water partition coefficient (Wildman–Crippen LogP) is -0.240. The molecule has 0 radical (unpaired) electrons. The SMILES string of the molecule is CC(CO)N(C)CC(=O)NNC(=O)c1ccccc1. The minimum Gasteiger partial charge on any atom is -0.395 e. The van der Waals surface area contributed by atoms with Crippen molar-refractivity contribution >= 4 is 11.8 Å². The highest BCUT2D eigenvalue weighted by atomic mass is 16.3. The molecule has 104 valence electrons. The summed E-state index contributed by atoms with van der Waals surface area (Å²) in [5, 5.41) is 8.94. The van der Waals surface area contributed by atoms with Crippen molar-refractivity contribution in [3.8, 4) is 0 Å². The number of carbonyl (C=O) groups is 2. The second-order valence-corrected chi connectivity index (χ2v) is 4.32. The van der Waals surface area contributed by atoms with E-state index < -0.39 is 0 Å². The predicted molar refractivity (Wildman–Crippen MR) is 71.2 cm³/mol. The van der Waals surface area contributed by atoms with Crippen molar-refractivity contribution in [3.63, 3.8) is 0 Å². The second-order valence-electron chi connectivity index (χ2n) is 4.32. The smallest absolute Gasteiger partial charge is 0.269 e. The maximum atomic E-state index is 11.6. The van der Waals surface area contributed by atoms with E-state index in [0.29, 0.717) is 5.56 Å². The number of carbonyl (C=O) groups excluding carboxylic acids is 2. The molecule has 0 aromatic heterocycles. The third kappa shape index (κ3) is 5.07. The van der Waals surface area contributed by atoms with Gasteiger partial charge in [-0.05, 0) is 26.1 Å². The first-order valence-electron chi connectivity index (χ1n) is 6.00. The Bertz CT molecular complexity index is 422. The zero-order valence-corrected chi connectivity index (χ0v) is 11.1. The first-order chi connectivity index (χ1) is 9.04. The summed E-state index contributed by atoms with van der Waals surface area (Å²) in [5.74, 6) is -0.709. The molecule has 6 nitrogen and oxygen atoms in total. The number of hydrogen-bond acceptors (Lipinski definition) is 4. The Morgan fingerprint density at radius 1 is 1.26 bits per heavy atom. The Kier molecular flexibility index (Phi) is 5.98. The summed E-state index contributed by atoms with van der Waals surface area (Å²) in [6.07, 6.45) is 0. The number of hydrazine groups is 1. The molecule has 19 heavy (non-hydrogen) atoms. The normalized spacial score (nSPS) is 12.0. The lowest BCUT2D eigenvalue weighted by molar-refractivity contribution is -0.123. The van der Waals surface area contributed by atoms with Crippen molar-refractivity contribution in [1.82, 2.24) is 15.8 Å². The lowest BCUT2D eigenvalue weighted by Crippen LogP contribution is -2.47. The molecule has 3 N–H and O–H groups in total. The largest absolute Gasteiger partial charge is 0.395 e. The standard InChI is InChI=1S/C13H19N3O3/c1-10(9-17)16(2)8-12(18)14-15-13(19)11-6-4-3-5-7-11/h3-7,10,17H,8-9H2,1-2H3,(H,14,18)(H,15,19). The van der Waals surface area contributed by atoms with E-state index >= 15 is 0 Å². The number of aliphatic hydroxyl groups is 1. The molecule has 0 aliphatic carbocycles. The molecule has 6 heteroatoms. The highest BCUT2D eigenvalue weighted by Crippen LogP contribution is 1.97. The third-order valence-electron chi connectivity index (χ3n) is 2.76. The molecule has 0 aliphatic rings. The van der Waals surface area contributed by atoms with Crippen molar-refractivity contribution in [1.29, 1.82) is 0 Å². The van der Waals surface area contributed by atoms with E-state index in [1.807, 2.05) is 0 Å². The van der Waals surface area contributed by atoms with Gasteiger partial charge in [0.2, 0.25) is 0 Å². The highest BCUT2D eigenvalue weighted by molar-refractivity contribution is 5.95. The van der Waals surface area contributed by atoms with Gasteiger partial charge in [-0.1, -0.05) is 18.2 Å². The van der Waals surface area contributed by atoms with E-state index in [2.05, 4.69) is 10.9 Å². The van der Waals surface area contributed by atoms with Crippen LogP contribution in [0.25, 0.3) is 0 Å². The molecular formula is C13H19N3O3. The van der Waals surface area contributed by atoms with Gasteiger partial charge >= 0.3 is 0 Å². The fraction of sp³-hybridized carbons (Fsp3) is 0.385. The van der Waals surface area contributed by atoms with Gasteiger partial charge in [-0.2, -0.15) is 0 Å². The van der Waals surface area contributed by atoms with E-state index in [-0.39, 0.29) is 31.0 Å². The molecular weight excluding hydrogens is 246 g/mol. The number of likely N-dealkylation sites (N-methyl/N-ethyl adjacent to an activating group) is 1. The van der Waals surface area contributed by atoms with Crippen molar-refractivity contribution in [2.45, 2.75) is 13.0 Å². The maximum Gasteiger partial charge on any atom is 0.269 e. The van der Waals surface area contributed by atoms with Crippen LogP contribution in [0, 0.1) is 0 Å². The molecule has 0 bridgehead atoms. The summed E-state index contributed by atoms with van der Waals surface area (Å²) in [5.41, 5.74) is 5.13. The van der Waals surface area contributed by atoms with Crippen molar-refractivity contribution in [2.75, 3.05) is 20.2 Å². The maximum absolute atomic E-state index is 11.6. The van der Waals surface area contributed by atoms with Crippen LogP contribution in [0.1, 0.15) is 17.3 Å². The fourth-order valence-corrected chi connectivity index (χ4v) is 1.35. The van der Waals surface area contributed by atoms with Gasteiger partial charge in [-0.3, -0.25) is 25.3 Å². The number of aliphatic hydroxyl groups excluding tert-OH is 1. The molecule has 1 unspecified atom stereocenters. The van der Waals surface area contributed by atoms with Crippen LogP contribution in [0.4, 0.5) is 0 Å². The van der Waals surface area contributed by atoms with Crippen LogP contribution in [0.3, 0.4) is 0 Å². The van der Waals surface area contributed by atoms with Crippen LogP contribution in [0.2, 0.25) is 0 Å². The first kappa shape index (κ1) is 15.1. The minimum absolute atomic E-state index is 0.0276. The van der Waals surface area contributed by atoms with Gasteiger partial charge in [0.05, 0.1) is 13.2 Å². The van der Waals surface area contributed by atoms with Gasteiger partial charge in [0.25, 0.3) is 11.8 Å². The lowest BCUT2D eigenvalue weighted by Gasteiger charge is -2.21. The number of amides is 2. The Hall–Kier alpha value is -1.92. The molecule has 0 spiro atoms. The average molecular weight is 265 g/mol. The molecule has 1 atom stereocenters. The summed E-state index contributed by atoms with van der Waals surface area (Å²) in [6, 6.07) is 8.49.